The highest BCUT2D eigenvalue weighted by Crippen LogP contribution is 2.17. The Morgan fingerprint density at radius 3 is 2.85 bits per heavy atom. The van der Waals surface area contributed by atoms with Crippen molar-refractivity contribution in [1.29, 1.82) is 0 Å². The van der Waals surface area contributed by atoms with Crippen molar-refractivity contribution in [3.63, 3.8) is 0 Å². The van der Waals surface area contributed by atoms with E-state index in [1.54, 1.807) is 0 Å². The Hall–Kier alpha value is -0.720. The number of likely N-dealkylation sites (tertiary alicyclic amines) is 1. The molecule has 114 valence electrons. The van der Waals surface area contributed by atoms with E-state index in [0.717, 1.165) is 43.4 Å². The molecule has 0 spiro atoms. The number of rotatable bonds is 5. The summed E-state index contributed by atoms with van der Waals surface area (Å²) in [7, 11) is 0. The van der Waals surface area contributed by atoms with Gasteiger partial charge in [0, 0.05) is 13.1 Å². The minimum atomic E-state index is -0.0479. The van der Waals surface area contributed by atoms with E-state index >= 15 is 0 Å². The maximum atomic E-state index is 9.41. The molecule has 6 heteroatoms. The highest BCUT2D eigenvalue weighted by Gasteiger charge is 2.16. The Bertz CT molecular complexity index is 482. The normalized spacial score (nSPS) is 21.1. The Kier molecular flexibility index (Phi) is 5.74. The first kappa shape index (κ1) is 15.7. The van der Waals surface area contributed by atoms with Gasteiger partial charge in [-0.3, -0.25) is 4.90 Å². The van der Waals surface area contributed by atoms with E-state index < -0.39 is 0 Å². The molecule has 0 aliphatic carbocycles. The Morgan fingerprint density at radius 2 is 2.15 bits per heavy atom. The molecule has 1 aliphatic rings. The van der Waals surface area contributed by atoms with Gasteiger partial charge in [0.1, 0.15) is 6.61 Å². The molecule has 1 saturated heterocycles. The molecule has 5 nitrogen and oxygen atoms in total. The van der Waals surface area contributed by atoms with Crippen molar-refractivity contribution in [2.75, 3.05) is 13.1 Å². The zero-order chi connectivity index (χ0) is 14.5. The molecule has 0 radical (unpaired) electrons. The van der Waals surface area contributed by atoms with Crippen molar-refractivity contribution in [1.82, 2.24) is 19.2 Å². The summed E-state index contributed by atoms with van der Waals surface area (Å²) in [6, 6.07) is 0. The van der Waals surface area contributed by atoms with Crippen LogP contribution in [0.15, 0.2) is 0 Å². The molecule has 2 heterocycles. The molecule has 1 atom stereocenters. The highest BCUT2D eigenvalue weighted by atomic mass is 32.1. The molecule has 1 aliphatic heterocycles. The average Bonchev–Trinajstić information content (AvgIpc) is 2.60. The van der Waals surface area contributed by atoms with Crippen LogP contribution in [-0.4, -0.2) is 37.4 Å². The molecule has 1 aromatic heterocycles. The van der Waals surface area contributed by atoms with E-state index in [1.807, 2.05) is 9.25 Å². The summed E-state index contributed by atoms with van der Waals surface area (Å²) in [6.45, 7) is 8.18. The van der Waals surface area contributed by atoms with Crippen LogP contribution in [0.5, 0.6) is 0 Å². The molecule has 2 rings (SSSR count). The van der Waals surface area contributed by atoms with Crippen LogP contribution in [0, 0.1) is 10.7 Å². The van der Waals surface area contributed by atoms with Gasteiger partial charge in [-0.2, -0.15) is 5.10 Å². The Morgan fingerprint density at radius 1 is 1.35 bits per heavy atom. The zero-order valence-corrected chi connectivity index (χ0v) is 13.4. The summed E-state index contributed by atoms with van der Waals surface area (Å²) < 4.78 is 4.55. The van der Waals surface area contributed by atoms with Gasteiger partial charge in [0.2, 0.25) is 0 Å². The predicted molar refractivity (Wildman–Crippen MR) is 81.9 cm³/mol. The van der Waals surface area contributed by atoms with Crippen LogP contribution in [-0.2, 0) is 19.8 Å². The van der Waals surface area contributed by atoms with Crippen molar-refractivity contribution >= 4 is 12.2 Å². The van der Waals surface area contributed by atoms with Crippen LogP contribution in [0.3, 0.4) is 0 Å². The summed E-state index contributed by atoms with van der Waals surface area (Å²) in [4.78, 5) is 2.42. The number of aliphatic hydroxyl groups is 1. The largest absolute Gasteiger partial charge is 0.388 e. The molecule has 20 heavy (non-hydrogen) atoms. The summed E-state index contributed by atoms with van der Waals surface area (Å²) in [5, 5.41) is 13.9. The number of hydrogen-bond donors (Lipinski definition) is 1. The first-order valence-electron chi connectivity index (χ1n) is 7.65. The second kappa shape index (κ2) is 7.33. The Labute approximate surface area is 126 Å². The summed E-state index contributed by atoms with van der Waals surface area (Å²) in [5.41, 5.74) is 0. The quantitative estimate of drug-likeness (QED) is 0.848. The number of nitrogens with zero attached hydrogens (tertiary/aromatic N) is 4. The fourth-order valence-corrected chi connectivity index (χ4v) is 3.09. The van der Waals surface area contributed by atoms with Gasteiger partial charge in [-0.1, -0.05) is 13.8 Å². The van der Waals surface area contributed by atoms with Gasteiger partial charge in [-0.25, -0.2) is 4.68 Å². The van der Waals surface area contributed by atoms with Crippen molar-refractivity contribution in [3.8, 4) is 0 Å². The van der Waals surface area contributed by atoms with Crippen molar-refractivity contribution < 1.29 is 5.11 Å². The molecule has 0 bridgehead atoms. The summed E-state index contributed by atoms with van der Waals surface area (Å²) in [6.07, 6.45) is 4.80. The van der Waals surface area contributed by atoms with Crippen LogP contribution < -0.4 is 0 Å². The van der Waals surface area contributed by atoms with Crippen LogP contribution in [0.25, 0.3) is 0 Å². The minimum Gasteiger partial charge on any atom is -0.388 e. The molecule has 0 amide bonds. The zero-order valence-electron chi connectivity index (χ0n) is 12.6. The van der Waals surface area contributed by atoms with Crippen LogP contribution in [0.2, 0.25) is 0 Å². The van der Waals surface area contributed by atoms with Gasteiger partial charge in [0.25, 0.3) is 0 Å². The topological polar surface area (TPSA) is 46.2 Å². The number of aromatic nitrogens is 3. The molecule has 1 aromatic rings. The molecule has 0 aromatic carbocycles. The SMILES string of the molecule is CCCn1c(CO)nn(CN2CCCC(C)CC2)c1=S. The molecular formula is C14H26N4OS. The molecule has 0 saturated carbocycles. The first-order chi connectivity index (χ1) is 9.65. The lowest BCUT2D eigenvalue weighted by Gasteiger charge is -2.19. The Balaban J connectivity index is 2.10. The monoisotopic (exact) mass is 298 g/mol. The third-order valence-electron chi connectivity index (χ3n) is 4.03. The third-order valence-corrected chi connectivity index (χ3v) is 4.46. The minimum absolute atomic E-state index is 0.0479. The van der Waals surface area contributed by atoms with Crippen LogP contribution in [0.1, 0.15) is 45.4 Å². The lowest BCUT2D eigenvalue weighted by molar-refractivity contribution is 0.209. The second-order valence-corrected chi connectivity index (χ2v) is 6.17. The maximum Gasteiger partial charge on any atom is 0.199 e. The van der Waals surface area contributed by atoms with Crippen LogP contribution in [0.4, 0.5) is 0 Å². The van der Waals surface area contributed by atoms with Crippen molar-refractivity contribution in [2.24, 2.45) is 5.92 Å². The van der Waals surface area contributed by atoms with E-state index in [-0.39, 0.29) is 6.61 Å². The van der Waals surface area contributed by atoms with E-state index in [9.17, 15) is 5.11 Å². The average molecular weight is 298 g/mol. The summed E-state index contributed by atoms with van der Waals surface area (Å²) >= 11 is 5.50. The van der Waals surface area contributed by atoms with E-state index in [1.165, 1.54) is 19.3 Å². The van der Waals surface area contributed by atoms with Crippen LogP contribution >= 0.6 is 12.2 Å². The first-order valence-corrected chi connectivity index (χ1v) is 8.06. The highest BCUT2D eigenvalue weighted by molar-refractivity contribution is 7.71. The van der Waals surface area contributed by atoms with Gasteiger partial charge in [0.15, 0.2) is 10.6 Å². The summed E-state index contributed by atoms with van der Waals surface area (Å²) in [5.74, 6) is 1.50. The van der Waals surface area contributed by atoms with Gasteiger partial charge in [-0.15, -0.1) is 0 Å². The van der Waals surface area contributed by atoms with Gasteiger partial charge in [0.05, 0.1) is 6.67 Å². The molecule has 1 N–H and O–H groups in total. The second-order valence-electron chi connectivity index (χ2n) is 5.80. The lowest BCUT2D eigenvalue weighted by atomic mass is 10.0. The van der Waals surface area contributed by atoms with Gasteiger partial charge < -0.3 is 9.67 Å². The van der Waals surface area contributed by atoms with E-state index in [4.69, 9.17) is 12.2 Å². The molecule has 1 fully saturated rings. The standard InChI is InChI=1S/C14H26N4OS/c1-3-7-17-13(10-19)15-18(14(17)20)11-16-8-4-5-12(2)6-9-16/h12,19H,3-11H2,1-2H3. The smallest absolute Gasteiger partial charge is 0.199 e. The molecular weight excluding hydrogens is 272 g/mol. The fourth-order valence-electron chi connectivity index (χ4n) is 2.80. The lowest BCUT2D eigenvalue weighted by Crippen LogP contribution is -2.28. The van der Waals surface area contributed by atoms with Crippen molar-refractivity contribution in [2.45, 2.75) is 59.4 Å². The predicted octanol–water partition coefficient (Wildman–Crippen LogP) is 2.40. The van der Waals surface area contributed by atoms with Gasteiger partial charge in [-0.05, 0) is 50.4 Å². The third kappa shape index (κ3) is 3.68. The number of aliphatic hydroxyl groups excluding tert-OH is 1. The van der Waals surface area contributed by atoms with Gasteiger partial charge >= 0.3 is 0 Å². The van der Waals surface area contributed by atoms with E-state index in [0.29, 0.717) is 5.82 Å². The maximum absolute atomic E-state index is 9.41. The molecule has 1 unspecified atom stereocenters. The van der Waals surface area contributed by atoms with Crippen molar-refractivity contribution in [3.05, 3.63) is 10.6 Å². The fraction of sp³-hybridized carbons (Fsp3) is 0.857. The van der Waals surface area contributed by atoms with E-state index in [2.05, 4.69) is 23.8 Å². The number of hydrogen-bond acceptors (Lipinski definition) is 4.